The summed E-state index contributed by atoms with van der Waals surface area (Å²) in [7, 11) is 0. The van der Waals surface area contributed by atoms with Crippen LogP contribution < -0.4 is 5.73 Å². The predicted octanol–water partition coefficient (Wildman–Crippen LogP) is 1.76. The first kappa shape index (κ1) is 8.80. The van der Waals surface area contributed by atoms with Gasteiger partial charge in [0.25, 0.3) is 0 Å². The van der Waals surface area contributed by atoms with Gasteiger partial charge in [-0.2, -0.15) is 0 Å². The molecular formula is C7H5ClFNO2. The van der Waals surface area contributed by atoms with Gasteiger partial charge < -0.3 is 10.8 Å². The zero-order chi connectivity index (χ0) is 9.30. The summed E-state index contributed by atoms with van der Waals surface area (Å²) >= 11 is 5.43. The SMILES string of the molecule is Nc1c(Cl)cc(F)cc1C(=O)O. The topological polar surface area (TPSA) is 63.3 Å². The third-order valence-electron chi connectivity index (χ3n) is 1.32. The van der Waals surface area contributed by atoms with Crippen LogP contribution in [0.5, 0.6) is 0 Å². The van der Waals surface area contributed by atoms with Gasteiger partial charge in [-0.25, -0.2) is 9.18 Å². The number of carboxylic acids is 1. The summed E-state index contributed by atoms with van der Waals surface area (Å²) in [5.74, 6) is -2.01. The van der Waals surface area contributed by atoms with Crippen LogP contribution in [0.2, 0.25) is 5.02 Å². The lowest BCUT2D eigenvalue weighted by atomic mass is 10.2. The maximum absolute atomic E-state index is 12.6. The van der Waals surface area contributed by atoms with E-state index < -0.39 is 11.8 Å². The maximum atomic E-state index is 12.6. The number of halogens is 2. The first-order chi connectivity index (χ1) is 5.52. The van der Waals surface area contributed by atoms with E-state index in [4.69, 9.17) is 22.4 Å². The van der Waals surface area contributed by atoms with Crippen LogP contribution in [0.1, 0.15) is 10.4 Å². The molecule has 0 amide bonds. The minimum Gasteiger partial charge on any atom is -0.478 e. The number of nitrogen functional groups attached to an aromatic ring is 1. The van der Waals surface area contributed by atoms with Gasteiger partial charge in [0.15, 0.2) is 0 Å². The van der Waals surface area contributed by atoms with Gasteiger partial charge in [-0.15, -0.1) is 0 Å². The number of hydrogen-bond acceptors (Lipinski definition) is 2. The Labute approximate surface area is 72.6 Å². The standard InChI is InChI=1S/C7H5ClFNO2/c8-5-2-3(9)1-4(6(5)10)7(11)12/h1-2H,10H2,(H,11,12). The van der Waals surface area contributed by atoms with E-state index in [2.05, 4.69) is 0 Å². The van der Waals surface area contributed by atoms with Gasteiger partial charge in [0.2, 0.25) is 0 Å². The molecule has 12 heavy (non-hydrogen) atoms. The number of nitrogens with two attached hydrogens (primary N) is 1. The minimum absolute atomic E-state index is 0.0904. The molecule has 0 spiro atoms. The van der Waals surface area contributed by atoms with Gasteiger partial charge >= 0.3 is 5.97 Å². The third kappa shape index (κ3) is 1.48. The average molecular weight is 190 g/mol. The largest absolute Gasteiger partial charge is 0.478 e. The van der Waals surface area contributed by atoms with Crippen molar-refractivity contribution < 1.29 is 14.3 Å². The lowest BCUT2D eigenvalue weighted by molar-refractivity contribution is 0.0697. The second-order valence-corrected chi connectivity index (χ2v) is 2.56. The van der Waals surface area contributed by atoms with E-state index in [1.807, 2.05) is 0 Å². The zero-order valence-electron chi connectivity index (χ0n) is 5.84. The van der Waals surface area contributed by atoms with E-state index in [-0.39, 0.29) is 16.3 Å². The summed E-state index contributed by atoms with van der Waals surface area (Å²) in [4.78, 5) is 10.4. The number of rotatable bonds is 1. The summed E-state index contributed by atoms with van der Waals surface area (Å²) in [6.45, 7) is 0. The minimum atomic E-state index is -1.30. The van der Waals surface area contributed by atoms with E-state index in [1.165, 1.54) is 0 Å². The monoisotopic (exact) mass is 189 g/mol. The highest BCUT2D eigenvalue weighted by Crippen LogP contribution is 2.24. The van der Waals surface area contributed by atoms with Gasteiger partial charge in [-0.3, -0.25) is 0 Å². The average Bonchev–Trinajstić information content (AvgIpc) is 1.96. The van der Waals surface area contributed by atoms with Gasteiger partial charge in [0.1, 0.15) is 5.82 Å². The quantitative estimate of drug-likeness (QED) is 0.662. The highest BCUT2D eigenvalue weighted by molar-refractivity contribution is 6.33. The molecule has 0 saturated heterocycles. The van der Waals surface area contributed by atoms with Crippen LogP contribution in [-0.2, 0) is 0 Å². The molecule has 0 fully saturated rings. The second kappa shape index (κ2) is 2.98. The van der Waals surface area contributed by atoms with Gasteiger partial charge in [-0.05, 0) is 12.1 Å². The molecule has 0 radical (unpaired) electrons. The van der Waals surface area contributed by atoms with Crippen molar-refractivity contribution in [2.24, 2.45) is 0 Å². The predicted molar refractivity (Wildman–Crippen MR) is 42.8 cm³/mol. The molecule has 1 rings (SSSR count). The molecule has 0 atom stereocenters. The van der Waals surface area contributed by atoms with Crippen LogP contribution in [0, 0.1) is 5.82 Å². The van der Waals surface area contributed by atoms with Crippen LogP contribution >= 0.6 is 11.6 Å². The second-order valence-electron chi connectivity index (χ2n) is 2.15. The Morgan fingerprint density at radius 3 is 2.67 bits per heavy atom. The summed E-state index contributed by atoms with van der Waals surface area (Å²) in [6, 6.07) is 1.78. The Kier molecular flexibility index (Phi) is 2.19. The summed E-state index contributed by atoms with van der Waals surface area (Å²) in [6.07, 6.45) is 0. The number of carboxylic acid groups (broad SMARTS) is 1. The maximum Gasteiger partial charge on any atom is 0.337 e. The molecule has 3 N–H and O–H groups in total. The number of anilines is 1. The molecule has 0 aliphatic carbocycles. The van der Waals surface area contributed by atoms with Gasteiger partial charge in [0, 0.05) is 0 Å². The van der Waals surface area contributed by atoms with Gasteiger partial charge in [0.05, 0.1) is 16.3 Å². The van der Waals surface area contributed by atoms with E-state index in [0.717, 1.165) is 12.1 Å². The molecule has 3 nitrogen and oxygen atoms in total. The molecule has 0 unspecified atom stereocenters. The van der Waals surface area contributed by atoms with Crippen molar-refractivity contribution in [2.45, 2.75) is 0 Å². The van der Waals surface area contributed by atoms with Crippen molar-refractivity contribution in [3.63, 3.8) is 0 Å². The van der Waals surface area contributed by atoms with Crippen molar-refractivity contribution in [2.75, 3.05) is 5.73 Å². The molecule has 0 heterocycles. The molecule has 0 aliphatic rings. The molecule has 1 aromatic carbocycles. The van der Waals surface area contributed by atoms with E-state index >= 15 is 0 Å². The number of carbonyl (C=O) groups is 1. The van der Waals surface area contributed by atoms with Crippen molar-refractivity contribution in [3.8, 4) is 0 Å². The smallest absolute Gasteiger partial charge is 0.337 e. The van der Waals surface area contributed by atoms with Crippen molar-refractivity contribution >= 4 is 23.3 Å². The van der Waals surface area contributed by atoms with E-state index in [0.29, 0.717) is 0 Å². The molecule has 0 saturated carbocycles. The Balaban J connectivity index is 3.37. The Morgan fingerprint density at radius 1 is 1.58 bits per heavy atom. The van der Waals surface area contributed by atoms with Crippen LogP contribution in [0.25, 0.3) is 0 Å². The highest BCUT2D eigenvalue weighted by atomic mass is 35.5. The van der Waals surface area contributed by atoms with E-state index in [9.17, 15) is 9.18 Å². The molecular weight excluding hydrogens is 185 g/mol. The third-order valence-corrected chi connectivity index (χ3v) is 1.64. The summed E-state index contributed by atoms with van der Waals surface area (Å²) in [5.41, 5.74) is 4.83. The molecule has 0 aliphatic heterocycles. The van der Waals surface area contributed by atoms with Crippen LogP contribution in [-0.4, -0.2) is 11.1 Å². The van der Waals surface area contributed by atoms with Crippen LogP contribution in [0.4, 0.5) is 10.1 Å². The molecule has 1 aromatic rings. The molecule has 0 aromatic heterocycles. The fraction of sp³-hybridized carbons (Fsp3) is 0. The first-order valence-electron chi connectivity index (χ1n) is 3.00. The van der Waals surface area contributed by atoms with Crippen LogP contribution in [0.3, 0.4) is 0 Å². The Bertz CT molecular complexity index is 340. The molecule has 0 bridgehead atoms. The molecule has 64 valence electrons. The normalized spacial score (nSPS) is 9.83. The lowest BCUT2D eigenvalue weighted by Crippen LogP contribution is -2.03. The number of aromatic carboxylic acids is 1. The summed E-state index contributed by atoms with van der Waals surface area (Å²) < 4.78 is 12.6. The number of benzene rings is 1. The zero-order valence-corrected chi connectivity index (χ0v) is 6.60. The first-order valence-corrected chi connectivity index (χ1v) is 3.38. The summed E-state index contributed by atoms with van der Waals surface area (Å²) in [5, 5.41) is 8.42. The number of hydrogen-bond donors (Lipinski definition) is 2. The Hall–Kier alpha value is -1.29. The van der Waals surface area contributed by atoms with E-state index in [1.54, 1.807) is 0 Å². The fourth-order valence-electron chi connectivity index (χ4n) is 0.762. The van der Waals surface area contributed by atoms with Crippen LogP contribution in [0.15, 0.2) is 12.1 Å². The van der Waals surface area contributed by atoms with Crippen molar-refractivity contribution in [1.82, 2.24) is 0 Å². The van der Waals surface area contributed by atoms with Crippen molar-refractivity contribution in [3.05, 3.63) is 28.5 Å². The van der Waals surface area contributed by atoms with Gasteiger partial charge in [-0.1, -0.05) is 11.6 Å². The Morgan fingerprint density at radius 2 is 2.17 bits per heavy atom. The van der Waals surface area contributed by atoms with Crippen molar-refractivity contribution in [1.29, 1.82) is 0 Å². The molecule has 5 heteroatoms. The lowest BCUT2D eigenvalue weighted by Gasteiger charge is -2.02. The highest BCUT2D eigenvalue weighted by Gasteiger charge is 2.12. The fourth-order valence-corrected chi connectivity index (χ4v) is 0.968.